The van der Waals surface area contributed by atoms with Gasteiger partial charge >= 0.3 is 8.56 Å². The predicted molar refractivity (Wildman–Crippen MR) is 164 cm³/mol. The Labute approximate surface area is 231 Å². The van der Waals surface area contributed by atoms with Gasteiger partial charge in [0, 0.05) is 38.4 Å². The van der Waals surface area contributed by atoms with Crippen molar-refractivity contribution in [3.63, 3.8) is 0 Å². The minimum atomic E-state index is -2.33. The number of nitrogens with one attached hydrogen (secondary N) is 4. The Hall–Kier alpha value is -2.73. The first-order valence-corrected chi connectivity index (χ1v) is 22.6. The van der Waals surface area contributed by atoms with Gasteiger partial charge < -0.3 is 18.9 Å². The van der Waals surface area contributed by atoms with Crippen LogP contribution >= 0.6 is 0 Å². The summed E-state index contributed by atoms with van der Waals surface area (Å²) < 4.78 is 13.4. The first kappa shape index (κ1) is 29.3. The van der Waals surface area contributed by atoms with Crippen molar-refractivity contribution < 1.29 is 8.23 Å². The first-order valence-electron chi connectivity index (χ1n) is 13.5. The third-order valence-electron chi connectivity index (χ3n) is 6.55. The summed E-state index contributed by atoms with van der Waals surface area (Å²) in [6.45, 7) is 14.6. The van der Waals surface area contributed by atoms with E-state index in [-0.39, 0.29) is 11.1 Å². The van der Waals surface area contributed by atoms with Crippen molar-refractivity contribution in [3.05, 3.63) is 31.8 Å². The number of aromatic nitrogens is 4. The number of aliphatic imine (C=N–C) groups is 2. The molecule has 212 valence electrons. The second-order valence-corrected chi connectivity index (χ2v) is 24.1. The van der Waals surface area contributed by atoms with Gasteiger partial charge in [-0.3, -0.25) is 19.6 Å². The molecule has 0 unspecified atom stereocenters. The van der Waals surface area contributed by atoms with E-state index in [0.29, 0.717) is 60.6 Å². The molecule has 12 nitrogen and oxygen atoms in total. The molecular formula is C24H40N8O4Si3. The Balaban J connectivity index is 1.18. The lowest BCUT2D eigenvalue weighted by Gasteiger charge is -2.38. The molecule has 4 heterocycles. The molecule has 0 bridgehead atoms. The fourth-order valence-electron chi connectivity index (χ4n) is 5.06. The smallest absolute Gasteiger partial charge is 0.311 e. The largest absolute Gasteiger partial charge is 0.437 e. The summed E-state index contributed by atoms with van der Waals surface area (Å²) in [7, 11) is -6.26. The van der Waals surface area contributed by atoms with E-state index in [9.17, 15) is 9.59 Å². The van der Waals surface area contributed by atoms with E-state index in [2.05, 4.69) is 79.8 Å². The molecule has 0 aliphatic carbocycles. The quantitative estimate of drug-likeness (QED) is 0.191. The lowest BCUT2D eigenvalue weighted by atomic mass is 10.3. The van der Waals surface area contributed by atoms with Gasteiger partial charge in [-0.2, -0.15) is 9.97 Å². The molecule has 0 aromatic carbocycles. The second-order valence-electron chi connectivity index (χ2n) is 11.6. The van der Waals surface area contributed by atoms with E-state index < -0.39 is 25.2 Å². The Morgan fingerprint density at radius 3 is 1.56 bits per heavy atom. The molecule has 0 atom stereocenters. The number of hydrogen-bond acceptors (Lipinski definition) is 10. The number of anilines is 2. The van der Waals surface area contributed by atoms with E-state index in [1.165, 1.54) is 0 Å². The number of aromatic amines is 2. The van der Waals surface area contributed by atoms with Gasteiger partial charge in [0.05, 0.1) is 11.1 Å². The Morgan fingerprint density at radius 2 is 1.15 bits per heavy atom. The molecule has 0 radical (unpaired) electrons. The molecule has 2 aliphatic heterocycles. The number of hydrogen-bond donors (Lipinski definition) is 4. The maximum Gasteiger partial charge on any atom is 0.311 e. The second kappa shape index (κ2) is 11.8. The topological polar surface area (TPSA) is 159 Å². The molecule has 2 aromatic rings. The lowest BCUT2D eigenvalue weighted by Crippen LogP contribution is -2.52. The molecule has 15 heteroatoms. The van der Waals surface area contributed by atoms with Gasteiger partial charge in [-0.25, -0.2) is 9.98 Å². The zero-order chi connectivity index (χ0) is 28.3. The van der Waals surface area contributed by atoms with Crippen LogP contribution in [-0.4, -0.2) is 70.7 Å². The zero-order valence-corrected chi connectivity index (χ0v) is 26.7. The summed E-state index contributed by atoms with van der Waals surface area (Å²) in [4.78, 5) is 47.0. The Morgan fingerprint density at radius 1 is 0.744 bits per heavy atom. The molecule has 4 rings (SSSR count). The van der Waals surface area contributed by atoms with Gasteiger partial charge in [0.15, 0.2) is 28.3 Å². The van der Waals surface area contributed by atoms with Crippen molar-refractivity contribution in [2.24, 2.45) is 9.98 Å². The summed E-state index contributed by atoms with van der Waals surface area (Å²) in [6.07, 6.45) is 6.32. The highest BCUT2D eigenvalue weighted by Crippen LogP contribution is 2.26. The van der Waals surface area contributed by atoms with Gasteiger partial charge in [-0.05, 0) is 64.2 Å². The van der Waals surface area contributed by atoms with Crippen LogP contribution in [0.2, 0.25) is 51.4 Å². The standard InChI is InChI=1S/C24H40N8O4Si3/c1-37(2,15-7-11-27-23-29-19-17(9-13-25-19)21(33)31-23)35-39(5,6)36-38(3,4)16-8-12-28-24-30-20-18(10-14-26-20)22(34)32-24/h13-14H,7-12,15-16H2,1-6H3,(H2,27,29,31,33)(H2,28,30,32,34). The molecule has 39 heavy (non-hydrogen) atoms. The predicted octanol–water partition coefficient (Wildman–Crippen LogP) is 3.82. The molecular weight excluding hydrogens is 549 g/mol. The zero-order valence-electron chi connectivity index (χ0n) is 23.7. The molecule has 0 spiro atoms. The number of H-pyrrole nitrogens is 2. The minimum absolute atomic E-state index is 0.130. The van der Waals surface area contributed by atoms with Crippen molar-refractivity contribution >= 4 is 61.2 Å². The molecule has 0 amide bonds. The fourth-order valence-corrected chi connectivity index (χ4v) is 19.1. The SMILES string of the molecule is C[Si](C)(CCCNc1nc2c(c(=O)[nH]1)CC=N2)O[Si](C)(C)O[Si](C)(C)CCCNc1nc2c(c(=O)[nH]1)CC=N2. The summed E-state index contributed by atoms with van der Waals surface area (Å²) in [5.74, 6) is 1.95. The van der Waals surface area contributed by atoms with Crippen LogP contribution in [0.1, 0.15) is 24.0 Å². The molecule has 0 fully saturated rings. The summed E-state index contributed by atoms with van der Waals surface area (Å²) >= 11 is 0. The average Bonchev–Trinajstić information content (AvgIpc) is 3.48. The molecule has 4 N–H and O–H groups in total. The Bertz CT molecular complexity index is 1270. The maximum absolute atomic E-state index is 12.1. The normalized spacial score (nSPS) is 14.5. The monoisotopic (exact) mass is 588 g/mol. The van der Waals surface area contributed by atoms with E-state index in [0.717, 1.165) is 24.9 Å². The van der Waals surface area contributed by atoms with E-state index in [1.54, 1.807) is 12.4 Å². The summed E-state index contributed by atoms with van der Waals surface area (Å²) in [5.41, 5.74) is 0.991. The van der Waals surface area contributed by atoms with Crippen LogP contribution in [0, 0.1) is 0 Å². The third kappa shape index (κ3) is 8.14. The van der Waals surface area contributed by atoms with Crippen LogP contribution in [0.25, 0.3) is 0 Å². The third-order valence-corrected chi connectivity index (χ3v) is 18.0. The van der Waals surface area contributed by atoms with Crippen molar-refractivity contribution in [2.75, 3.05) is 23.7 Å². The molecule has 0 saturated heterocycles. The van der Waals surface area contributed by atoms with Gasteiger partial charge in [-0.15, -0.1) is 0 Å². The number of rotatable bonds is 14. The summed E-state index contributed by atoms with van der Waals surface area (Å²) in [5, 5.41) is 6.44. The van der Waals surface area contributed by atoms with Crippen molar-refractivity contribution in [1.29, 1.82) is 0 Å². The van der Waals surface area contributed by atoms with E-state index in [1.807, 2.05) is 0 Å². The van der Waals surface area contributed by atoms with Crippen LogP contribution in [0.15, 0.2) is 19.6 Å². The minimum Gasteiger partial charge on any atom is -0.437 e. The average molecular weight is 589 g/mol. The Kier molecular flexibility index (Phi) is 8.85. The molecule has 2 aromatic heterocycles. The molecule has 0 saturated carbocycles. The highest BCUT2D eigenvalue weighted by Gasteiger charge is 2.39. The van der Waals surface area contributed by atoms with Crippen LogP contribution in [0.5, 0.6) is 0 Å². The van der Waals surface area contributed by atoms with Crippen LogP contribution in [-0.2, 0) is 21.1 Å². The van der Waals surface area contributed by atoms with Gasteiger partial charge in [0.1, 0.15) is 0 Å². The number of nitrogens with zero attached hydrogens (tertiary/aromatic N) is 4. The molecule has 2 aliphatic rings. The number of fused-ring (bicyclic) bond motifs is 2. The first-order chi connectivity index (χ1) is 18.3. The van der Waals surface area contributed by atoms with Crippen LogP contribution < -0.4 is 21.8 Å². The lowest BCUT2D eigenvalue weighted by molar-refractivity contribution is 0.387. The van der Waals surface area contributed by atoms with Crippen molar-refractivity contribution in [3.8, 4) is 0 Å². The van der Waals surface area contributed by atoms with Crippen molar-refractivity contribution in [2.45, 2.75) is 77.1 Å². The maximum atomic E-state index is 12.1. The van der Waals surface area contributed by atoms with E-state index >= 15 is 0 Å². The van der Waals surface area contributed by atoms with Crippen LogP contribution in [0.4, 0.5) is 23.5 Å². The van der Waals surface area contributed by atoms with Gasteiger partial charge in [0.25, 0.3) is 11.1 Å². The van der Waals surface area contributed by atoms with Crippen LogP contribution in [0.3, 0.4) is 0 Å². The highest BCUT2D eigenvalue weighted by molar-refractivity contribution is 6.87. The highest BCUT2D eigenvalue weighted by atomic mass is 28.5. The van der Waals surface area contributed by atoms with E-state index in [4.69, 9.17) is 8.23 Å². The van der Waals surface area contributed by atoms with Gasteiger partial charge in [0.2, 0.25) is 11.9 Å². The fraction of sp³-hybridized carbons (Fsp3) is 0.583. The summed E-state index contributed by atoms with van der Waals surface area (Å²) in [6, 6.07) is 1.93. The van der Waals surface area contributed by atoms with Gasteiger partial charge in [-0.1, -0.05) is 0 Å². The van der Waals surface area contributed by atoms with Crippen molar-refractivity contribution in [1.82, 2.24) is 19.9 Å².